The summed E-state index contributed by atoms with van der Waals surface area (Å²) in [5, 5.41) is 18.6. The van der Waals surface area contributed by atoms with Crippen LogP contribution in [-0.2, 0) is 11.2 Å². The van der Waals surface area contributed by atoms with E-state index >= 15 is 0 Å². The van der Waals surface area contributed by atoms with E-state index in [1.54, 1.807) is 29.2 Å². The summed E-state index contributed by atoms with van der Waals surface area (Å²) in [5.74, 6) is 0.0989. The molecule has 0 aliphatic carbocycles. The Kier molecular flexibility index (Phi) is 4.98. The predicted octanol–water partition coefficient (Wildman–Crippen LogP) is 0.635. The van der Waals surface area contributed by atoms with Crippen LogP contribution in [0.3, 0.4) is 0 Å². The lowest BCUT2D eigenvalue weighted by Crippen LogP contribution is -2.52. The predicted molar refractivity (Wildman–Crippen MR) is 76.2 cm³/mol. The highest BCUT2D eigenvalue weighted by atomic mass is 16.3. The highest BCUT2D eigenvalue weighted by Gasteiger charge is 2.29. The number of piperidine rings is 1. The summed E-state index contributed by atoms with van der Waals surface area (Å²) in [6.07, 6.45) is 3.29. The minimum atomic E-state index is -0.605. The van der Waals surface area contributed by atoms with Crippen LogP contribution in [0.2, 0.25) is 0 Å². The number of phenols is 1. The van der Waals surface area contributed by atoms with Gasteiger partial charge in [-0.05, 0) is 43.4 Å². The minimum absolute atomic E-state index is 0.00231. The van der Waals surface area contributed by atoms with Crippen LogP contribution in [0.5, 0.6) is 5.75 Å². The quantitative estimate of drug-likeness (QED) is 0.754. The van der Waals surface area contributed by atoms with Crippen molar-refractivity contribution in [2.75, 3.05) is 13.2 Å². The van der Waals surface area contributed by atoms with Crippen LogP contribution in [0.15, 0.2) is 24.3 Å². The maximum absolute atomic E-state index is 12.4. The molecule has 1 aromatic carbocycles. The summed E-state index contributed by atoms with van der Waals surface area (Å²) in [5.41, 5.74) is 6.92. The van der Waals surface area contributed by atoms with E-state index in [1.165, 1.54) is 0 Å². The van der Waals surface area contributed by atoms with Crippen molar-refractivity contribution >= 4 is 5.91 Å². The first-order chi connectivity index (χ1) is 9.61. The Morgan fingerprint density at radius 3 is 2.70 bits per heavy atom. The topological polar surface area (TPSA) is 86.8 Å². The van der Waals surface area contributed by atoms with Gasteiger partial charge >= 0.3 is 0 Å². The molecule has 0 saturated carbocycles. The number of aliphatic hydroxyl groups is 1. The molecule has 1 saturated heterocycles. The number of phenolic OH excluding ortho intramolecular Hbond substituents is 1. The molecule has 110 valence electrons. The van der Waals surface area contributed by atoms with Gasteiger partial charge in [0.2, 0.25) is 5.91 Å². The maximum atomic E-state index is 12.4. The summed E-state index contributed by atoms with van der Waals surface area (Å²) >= 11 is 0. The van der Waals surface area contributed by atoms with E-state index < -0.39 is 6.04 Å². The van der Waals surface area contributed by atoms with Gasteiger partial charge in [-0.3, -0.25) is 4.79 Å². The summed E-state index contributed by atoms with van der Waals surface area (Å²) in [4.78, 5) is 14.1. The fourth-order valence-electron chi connectivity index (χ4n) is 2.67. The van der Waals surface area contributed by atoms with Crippen molar-refractivity contribution in [2.45, 2.75) is 37.8 Å². The molecule has 2 rings (SSSR count). The molecule has 0 radical (unpaired) electrons. The van der Waals surface area contributed by atoms with E-state index in [0.29, 0.717) is 13.0 Å². The molecule has 5 heteroatoms. The second-order valence-electron chi connectivity index (χ2n) is 5.34. The SMILES string of the molecule is N[C@H](Cc1ccc(O)cc1)C(=O)N1CCCCC1CO. The third-order valence-electron chi connectivity index (χ3n) is 3.83. The van der Waals surface area contributed by atoms with Gasteiger partial charge in [0.05, 0.1) is 18.7 Å². The third-order valence-corrected chi connectivity index (χ3v) is 3.83. The fraction of sp³-hybridized carbons (Fsp3) is 0.533. The van der Waals surface area contributed by atoms with Gasteiger partial charge in [-0.1, -0.05) is 12.1 Å². The summed E-state index contributed by atoms with van der Waals surface area (Å²) in [7, 11) is 0. The molecule has 1 aromatic rings. The molecule has 20 heavy (non-hydrogen) atoms. The van der Waals surface area contributed by atoms with Crippen molar-refractivity contribution in [3.05, 3.63) is 29.8 Å². The van der Waals surface area contributed by atoms with Crippen molar-refractivity contribution in [3.63, 3.8) is 0 Å². The number of nitrogens with zero attached hydrogens (tertiary/aromatic N) is 1. The lowest BCUT2D eigenvalue weighted by Gasteiger charge is -2.36. The first-order valence-electron chi connectivity index (χ1n) is 7.06. The molecule has 0 aromatic heterocycles. The molecule has 1 fully saturated rings. The van der Waals surface area contributed by atoms with Crippen LogP contribution in [0.4, 0.5) is 0 Å². The fourth-order valence-corrected chi connectivity index (χ4v) is 2.67. The second-order valence-corrected chi connectivity index (χ2v) is 5.34. The number of aliphatic hydroxyl groups excluding tert-OH is 1. The monoisotopic (exact) mass is 278 g/mol. The van der Waals surface area contributed by atoms with Crippen molar-refractivity contribution in [3.8, 4) is 5.75 Å². The van der Waals surface area contributed by atoms with Crippen molar-refractivity contribution in [1.29, 1.82) is 0 Å². The lowest BCUT2D eigenvalue weighted by molar-refractivity contribution is -0.137. The summed E-state index contributed by atoms with van der Waals surface area (Å²) < 4.78 is 0. The van der Waals surface area contributed by atoms with Crippen molar-refractivity contribution in [2.24, 2.45) is 5.73 Å². The molecule has 0 spiro atoms. The zero-order valence-corrected chi connectivity index (χ0v) is 11.5. The second kappa shape index (κ2) is 6.72. The van der Waals surface area contributed by atoms with Crippen LogP contribution < -0.4 is 5.73 Å². The molecule has 1 amide bonds. The molecular weight excluding hydrogens is 256 g/mol. The number of nitrogens with two attached hydrogens (primary N) is 1. The smallest absolute Gasteiger partial charge is 0.240 e. The van der Waals surface area contributed by atoms with Gasteiger partial charge in [0.1, 0.15) is 5.75 Å². The van der Waals surface area contributed by atoms with Gasteiger partial charge in [-0.15, -0.1) is 0 Å². The van der Waals surface area contributed by atoms with Crippen LogP contribution in [0, 0.1) is 0 Å². The standard InChI is InChI=1S/C15H22N2O3/c16-14(9-11-4-6-13(19)7-5-11)15(20)17-8-2-1-3-12(17)10-18/h4-7,12,14,18-19H,1-3,8-10,16H2/t12?,14-/m1/s1. The van der Waals surface area contributed by atoms with Gasteiger partial charge in [0, 0.05) is 6.54 Å². The van der Waals surface area contributed by atoms with E-state index in [1.807, 2.05) is 0 Å². The van der Waals surface area contributed by atoms with Gasteiger partial charge in [0.25, 0.3) is 0 Å². The van der Waals surface area contributed by atoms with Gasteiger partial charge < -0.3 is 20.8 Å². The van der Waals surface area contributed by atoms with Crippen LogP contribution >= 0.6 is 0 Å². The zero-order valence-electron chi connectivity index (χ0n) is 11.5. The largest absolute Gasteiger partial charge is 0.508 e. The molecule has 1 aliphatic heterocycles. The summed E-state index contributed by atoms with van der Waals surface area (Å²) in [6.45, 7) is 0.672. The zero-order chi connectivity index (χ0) is 14.5. The third kappa shape index (κ3) is 3.49. The van der Waals surface area contributed by atoms with Gasteiger partial charge in [-0.25, -0.2) is 0 Å². The van der Waals surface area contributed by atoms with Gasteiger partial charge in [-0.2, -0.15) is 0 Å². The van der Waals surface area contributed by atoms with Crippen LogP contribution in [0.25, 0.3) is 0 Å². The first kappa shape index (κ1) is 14.8. The van der Waals surface area contributed by atoms with E-state index in [2.05, 4.69) is 0 Å². The molecule has 1 aliphatic rings. The Labute approximate surface area is 119 Å². The number of hydrogen-bond acceptors (Lipinski definition) is 4. The molecule has 2 atom stereocenters. The van der Waals surface area contributed by atoms with E-state index in [9.17, 15) is 15.0 Å². The molecule has 0 bridgehead atoms. The Morgan fingerprint density at radius 1 is 1.35 bits per heavy atom. The van der Waals surface area contributed by atoms with Crippen molar-refractivity contribution in [1.82, 2.24) is 4.90 Å². The number of carbonyl (C=O) groups is 1. The molecule has 1 heterocycles. The van der Waals surface area contributed by atoms with E-state index in [0.717, 1.165) is 24.8 Å². The number of benzene rings is 1. The highest BCUT2D eigenvalue weighted by molar-refractivity contribution is 5.82. The van der Waals surface area contributed by atoms with Crippen LogP contribution in [0.1, 0.15) is 24.8 Å². The number of aromatic hydroxyl groups is 1. The molecule has 5 nitrogen and oxygen atoms in total. The Hall–Kier alpha value is -1.59. The summed E-state index contributed by atoms with van der Waals surface area (Å²) in [6, 6.07) is 6.01. The van der Waals surface area contributed by atoms with Gasteiger partial charge in [0.15, 0.2) is 0 Å². The number of carbonyl (C=O) groups excluding carboxylic acids is 1. The Balaban J connectivity index is 1.98. The Bertz CT molecular complexity index is 447. The van der Waals surface area contributed by atoms with E-state index in [-0.39, 0.29) is 24.3 Å². The molecule has 4 N–H and O–H groups in total. The lowest BCUT2D eigenvalue weighted by atomic mass is 9.99. The average molecular weight is 278 g/mol. The first-order valence-corrected chi connectivity index (χ1v) is 7.06. The number of hydrogen-bond donors (Lipinski definition) is 3. The molecule has 1 unspecified atom stereocenters. The number of likely N-dealkylation sites (tertiary alicyclic amines) is 1. The normalized spacial score (nSPS) is 20.7. The average Bonchev–Trinajstić information content (AvgIpc) is 2.48. The number of rotatable bonds is 4. The Morgan fingerprint density at radius 2 is 2.05 bits per heavy atom. The minimum Gasteiger partial charge on any atom is -0.508 e. The van der Waals surface area contributed by atoms with Crippen LogP contribution in [-0.4, -0.2) is 46.3 Å². The maximum Gasteiger partial charge on any atom is 0.240 e. The molecular formula is C15H22N2O3. The van der Waals surface area contributed by atoms with Crippen molar-refractivity contribution < 1.29 is 15.0 Å². The van der Waals surface area contributed by atoms with E-state index in [4.69, 9.17) is 5.73 Å². The highest BCUT2D eigenvalue weighted by Crippen LogP contribution is 2.18. The number of amides is 1.